The summed E-state index contributed by atoms with van der Waals surface area (Å²) in [5, 5.41) is 0. The van der Waals surface area contributed by atoms with E-state index < -0.39 is 0 Å². The molecule has 3 heteroatoms. The first-order valence-electron chi connectivity index (χ1n) is 4.28. The van der Waals surface area contributed by atoms with E-state index in [-0.39, 0.29) is 0 Å². The largest absolute Gasteiger partial charge is 0.327 e. The lowest BCUT2D eigenvalue weighted by atomic mass is 9.97. The standard InChI is InChI=1S/C8H15NS2/c9-7-4-8(11-5-7)2-1-3-10-6-8/h7H,1-6,9H2. The van der Waals surface area contributed by atoms with Crippen molar-refractivity contribution in [2.75, 3.05) is 17.3 Å². The van der Waals surface area contributed by atoms with E-state index in [0.29, 0.717) is 10.8 Å². The van der Waals surface area contributed by atoms with Crippen molar-refractivity contribution in [2.45, 2.75) is 30.1 Å². The molecule has 64 valence electrons. The summed E-state index contributed by atoms with van der Waals surface area (Å²) in [6.45, 7) is 0. The van der Waals surface area contributed by atoms with Crippen LogP contribution in [-0.4, -0.2) is 28.0 Å². The van der Waals surface area contributed by atoms with Gasteiger partial charge in [0.25, 0.3) is 0 Å². The highest BCUT2D eigenvalue weighted by molar-refractivity contribution is 8.04. The van der Waals surface area contributed by atoms with E-state index in [1.807, 2.05) is 0 Å². The van der Waals surface area contributed by atoms with Crippen molar-refractivity contribution >= 4 is 23.5 Å². The first-order valence-corrected chi connectivity index (χ1v) is 6.42. The van der Waals surface area contributed by atoms with Crippen molar-refractivity contribution in [2.24, 2.45) is 5.73 Å². The maximum Gasteiger partial charge on any atom is 0.0266 e. The third-order valence-corrected chi connectivity index (χ3v) is 5.76. The van der Waals surface area contributed by atoms with Crippen LogP contribution in [0.4, 0.5) is 0 Å². The molecule has 0 aromatic rings. The second-order valence-corrected chi connectivity index (χ2v) is 6.21. The topological polar surface area (TPSA) is 26.0 Å². The zero-order chi connectivity index (χ0) is 7.73. The molecule has 2 unspecified atom stereocenters. The van der Waals surface area contributed by atoms with E-state index in [1.165, 1.54) is 36.5 Å². The Hall–Kier alpha value is 0.660. The Morgan fingerprint density at radius 1 is 1.45 bits per heavy atom. The maximum atomic E-state index is 5.91. The zero-order valence-electron chi connectivity index (χ0n) is 6.71. The summed E-state index contributed by atoms with van der Waals surface area (Å²) in [6, 6.07) is 0.485. The molecule has 2 N–H and O–H groups in total. The van der Waals surface area contributed by atoms with Gasteiger partial charge >= 0.3 is 0 Å². The van der Waals surface area contributed by atoms with E-state index >= 15 is 0 Å². The van der Waals surface area contributed by atoms with Gasteiger partial charge in [-0.1, -0.05) is 0 Å². The van der Waals surface area contributed by atoms with Crippen LogP contribution in [0.1, 0.15) is 19.3 Å². The molecule has 2 saturated heterocycles. The zero-order valence-corrected chi connectivity index (χ0v) is 8.35. The van der Waals surface area contributed by atoms with Crippen LogP contribution in [0.15, 0.2) is 0 Å². The van der Waals surface area contributed by atoms with E-state index in [1.54, 1.807) is 0 Å². The highest BCUT2D eigenvalue weighted by Gasteiger charge is 2.39. The monoisotopic (exact) mass is 189 g/mol. The molecule has 0 aliphatic carbocycles. The van der Waals surface area contributed by atoms with Crippen molar-refractivity contribution in [1.82, 2.24) is 0 Å². The first kappa shape index (κ1) is 8.27. The van der Waals surface area contributed by atoms with Gasteiger partial charge in [-0.15, -0.1) is 0 Å². The Balaban J connectivity index is 1.98. The van der Waals surface area contributed by atoms with Crippen molar-refractivity contribution < 1.29 is 0 Å². The van der Waals surface area contributed by atoms with Gasteiger partial charge < -0.3 is 5.73 Å². The SMILES string of the molecule is NC1CSC2(CCCSC2)C1. The van der Waals surface area contributed by atoms with Gasteiger partial charge in [-0.25, -0.2) is 0 Å². The van der Waals surface area contributed by atoms with Crippen LogP contribution in [0.2, 0.25) is 0 Å². The molecular formula is C8H15NS2. The Bertz CT molecular complexity index is 138. The number of rotatable bonds is 0. The molecule has 1 nitrogen and oxygen atoms in total. The van der Waals surface area contributed by atoms with Crippen molar-refractivity contribution in [3.05, 3.63) is 0 Å². The number of hydrogen-bond donors (Lipinski definition) is 1. The molecule has 11 heavy (non-hydrogen) atoms. The molecule has 2 heterocycles. The lowest BCUT2D eigenvalue weighted by Gasteiger charge is -2.31. The molecule has 2 fully saturated rings. The smallest absolute Gasteiger partial charge is 0.0266 e. The van der Waals surface area contributed by atoms with Crippen LogP contribution in [0.25, 0.3) is 0 Å². The minimum Gasteiger partial charge on any atom is -0.327 e. The van der Waals surface area contributed by atoms with Gasteiger partial charge in [-0.05, 0) is 25.0 Å². The summed E-state index contributed by atoms with van der Waals surface area (Å²) < 4.78 is 0.600. The molecular weight excluding hydrogens is 174 g/mol. The van der Waals surface area contributed by atoms with Crippen molar-refractivity contribution in [1.29, 1.82) is 0 Å². The fourth-order valence-electron chi connectivity index (χ4n) is 1.98. The lowest BCUT2D eigenvalue weighted by molar-refractivity contribution is 0.519. The third kappa shape index (κ3) is 1.70. The molecule has 2 rings (SSSR count). The number of hydrogen-bond acceptors (Lipinski definition) is 3. The van der Waals surface area contributed by atoms with Gasteiger partial charge in [0.2, 0.25) is 0 Å². The minimum absolute atomic E-state index is 0.485. The van der Waals surface area contributed by atoms with Gasteiger partial charge in [-0.2, -0.15) is 23.5 Å². The predicted octanol–water partition coefficient (Wildman–Crippen LogP) is 1.72. The van der Waals surface area contributed by atoms with Crippen LogP contribution in [0.5, 0.6) is 0 Å². The summed E-state index contributed by atoms with van der Waals surface area (Å²) in [4.78, 5) is 0. The quantitative estimate of drug-likeness (QED) is 0.628. The van der Waals surface area contributed by atoms with Gasteiger partial charge in [0.1, 0.15) is 0 Å². The molecule has 2 atom stereocenters. The summed E-state index contributed by atoms with van der Waals surface area (Å²) in [5.41, 5.74) is 5.91. The molecule has 0 aromatic heterocycles. The molecule has 2 aliphatic heterocycles. The molecule has 0 saturated carbocycles. The lowest BCUT2D eigenvalue weighted by Crippen LogP contribution is -2.31. The summed E-state index contributed by atoms with van der Waals surface area (Å²) in [5.74, 6) is 3.92. The normalized spacial score (nSPS) is 45.0. The fourth-order valence-corrected chi connectivity index (χ4v) is 5.00. The second-order valence-electron chi connectivity index (χ2n) is 3.61. The van der Waals surface area contributed by atoms with Crippen LogP contribution in [-0.2, 0) is 0 Å². The van der Waals surface area contributed by atoms with E-state index in [2.05, 4.69) is 23.5 Å². The Kier molecular flexibility index (Phi) is 2.40. The first-order chi connectivity index (χ1) is 5.31. The van der Waals surface area contributed by atoms with Gasteiger partial charge in [0.05, 0.1) is 0 Å². The van der Waals surface area contributed by atoms with Gasteiger partial charge in [-0.3, -0.25) is 0 Å². The second kappa shape index (κ2) is 3.19. The average molecular weight is 189 g/mol. The van der Waals surface area contributed by atoms with E-state index in [0.717, 1.165) is 0 Å². The van der Waals surface area contributed by atoms with Gasteiger partial charge in [0.15, 0.2) is 0 Å². The van der Waals surface area contributed by atoms with E-state index in [4.69, 9.17) is 5.73 Å². The number of nitrogens with two attached hydrogens (primary N) is 1. The average Bonchev–Trinajstić information content (AvgIpc) is 2.34. The Labute approximate surface area is 76.9 Å². The molecule has 2 aliphatic rings. The van der Waals surface area contributed by atoms with Gasteiger partial charge in [0, 0.05) is 22.3 Å². The van der Waals surface area contributed by atoms with Crippen molar-refractivity contribution in [3.8, 4) is 0 Å². The molecule has 0 bridgehead atoms. The van der Waals surface area contributed by atoms with Crippen LogP contribution in [0, 0.1) is 0 Å². The Morgan fingerprint density at radius 2 is 2.36 bits per heavy atom. The molecule has 0 aromatic carbocycles. The molecule has 0 amide bonds. The Morgan fingerprint density at radius 3 is 2.91 bits per heavy atom. The summed E-state index contributed by atoms with van der Waals surface area (Å²) in [6.07, 6.45) is 4.09. The third-order valence-electron chi connectivity index (χ3n) is 2.52. The summed E-state index contributed by atoms with van der Waals surface area (Å²) in [7, 11) is 0. The highest BCUT2D eigenvalue weighted by atomic mass is 32.2. The fraction of sp³-hybridized carbons (Fsp3) is 1.00. The highest BCUT2D eigenvalue weighted by Crippen LogP contribution is 2.46. The van der Waals surface area contributed by atoms with Crippen LogP contribution in [0.3, 0.4) is 0 Å². The van der Waals surface area contributed by atoms with Crippen molar-refractivity contribution in [3.63, 3.8) is 0 Å². The van der Waals surface area contributed by atoms with Crippen LogP contribution >= 0.6 is 23.5 Å². The van der Waals surface area contributed by atoms with E-state index in [9.17, 15) is 0 Å². The van der Waals surface area contributed by atoms with Crippen LogP contribution < -0.4 is 5.73 Å². The maximum absolute atomic E-state index is 5.91. The molecule has 0 radical (unpaired) electrons. The summed E-state index contributed by atoms with van der Waals surface area (Å²) >= 11 is 4.24. The predicted molar refractivity (Wildman–Crippen MR) is 54.3 cm³/mol. The molecule has 1 spiro atoms. The minimum atomic E-state index is 0.485. The number of thioether (sulfide) groups is 2.